The van der Waals surface area contributed by atoms with Crippen LogP contribution in [0.1, 0.15) is 16.7 Å². The molecule has 26 heavy (non-hydrogen) atoms. The van der Waals surface area contributed by atoms with Gasteiger partial charge in [0.2, 0.25) is 0 Å². The van der Waals surface area contributed by atoms with Crippen LogP contribution in [0.4, 0.5) is 5.69 Å². The average molecular weight is 350 g/mol. The smallest absolute Gasteiger partial charge is 0.164 e. The van der Waals surface area contributed by atoms with E-state index in [0.29, 0.717) is 12.3 Å². The molecule has 1 atom stereocenters. The quantitative estimate of drug-likeness (QED) is 0.597. The number of benzene rings is 3. The first-order valence-electron chi connectivity index (χ1n) is 8.40. The molecule has 0 radical (unpaired) electrons. The number of quaternary nitrogens is 1. The van der Waals surface area contributed by atoms with Gasteiger partial charge in [-0.3, -0.25) is 0 Å². The Balaban J connectivity index is 2.00. The van der Waals surface area contributed by atoms with E-state index >= 15 is 0 Å². The molecule has 1 unspecified atom stereocenters. The second-order valence-corrected chi connectivity index (χ2v) is 6.07. The highest BCUT2D eigenvalue weighted by Crippen LogP contribution is 2.32. The van der Waals surface area contributed by atoms with Crippen LogP contribution < -0.4 is 15.7 Å². The summed E-state index contributed by atoms with van der Waals surface area (Å²) >= 11 is 0. The molecular weight excluding hydrogens is 328 g/mol. The highest BCUT2D eigenvalue weighted by atomic mass is 16.8. The van der Waals surface area contributed by atoms with Crippen molar-refractivity contribution in [2.24, 2.45) is 5.73 Å². The van der Waals surface area contributed by atoms with Gasteiger partial charge >= 0.3 is 0 Å². The van der Waals surface area contributed by atoms with Crippen molar-refractivity contribution in [3.63, 3.8) is 0 Å². The third kappa shape index (κ3) is 3.92. The van der Waals surface area contributed by atoms with Crippen LogP contribution >= 0.6 is 0 Å². The Morgan fingerprint density at radius 3 is 2.46 bits per heavy atom. The summed E-state index contributed by atoms with van der Waals surface area (Å²) in [6.07, 6.45) is 0.753. The number of methoxy groups -OCH3 is 1. The lowest BCUT2D eigenvalue weighted by atomic mass is 9.96. The largest absolute Gasteiger partial charge is 0.595 e. The number of rotatable bonds is 6. The zero-order chi connectivity index (χ0) is 18.5. The minimum atomic E-state index is -0.946. The molecule has 0 aliphatic carbocycles. The van der Waals surface area contributed by atoms with E-state index in [2.05, 4.69) is 6.07 Å². The summed E-state index contributed by atoms with van der Waals surface area (Å²) in [6, 6.07) is 21.0. The van der Waals surface area contributed by atoms with E-state index in [-0.39, 0.29) is 5.69 Å². The summed E-state index contributed by atoms with van der Waals surface area (Å²) in [7, 11) is 1.61. The van der Waals surface area contributed by atoms with E-state index in [1.54, 1.807) is 25.3 Å². The molecule has 134 valence electrons. The zero-order valence-electron chi connectivity index (χ0n) is 14.6. The maximum absolute atomic E-state index is 11.3. The molecule has 0 aliphatic heterocycles. The Hall–Kier alpha value is -2.70. The van der Waals surface area contributed by atoms with Gasteiger partial charge in [0.25, 0.3) is 0 Å². The Kier molecular flexibility index (Phi) is 5.65. The Morgan fingerprint density at radius 2 is 1.77 bits per heavy atom. The SMILES string of the molecule is COc1ccc(Cc2ccccc2CN)cc1-c1cccc([NH+]([O-])O)c1. The molecule has 4 N–H and O–H groups in total. The van der Waals surface area contributed by atoms with Crippen LogP contribution in [0.2, 0.25) is 0 Å². The first kappa shape index (κ1) is 18.1. The van der Waals surface area contributed by atoms with E-state index < -0.39 is 5.23 Å². The lowest BCUT2D eigenvalue weighted by Gasteiger charge is -2.15. The van der Waals surface area contributed by atoms with Crippen molar-refractivity contribution in [2.45, 2.75) is 13.0 Å². The monoisotopic (exact) mass is 350 g/mol. The molecule has 0 spiro atoms. The van der Waals surface area contributed by atoms with Crippen LogP contribution in [0.25, 0.3) is 11.1 Å². The van der Waals surface area contributed by atoms with Crippen molar-refractivity contribution in [3.05, 3.63) is 88.6 Å². The van der Waals surface area contributed by atoms with E-state index in [1.165, 1.54) is 5.56 Å². The third-order valence-electron chi connectivity index (χ3n) is 4.42. The molecular formula is C21H22N2O3. The minimum absolute atomic E-state index is 0.253. The molecule has 0 fully saturated rings. The Bertz CT molecular complexity index is 894. The number of hydrogen-bond donors (Lipinski definition) is 3. The molecule has 0 saturated carbocycles. The summed E-state index contributed by atoms with van der Waals surface area (Å²) in [5.41, 5.74) is 11.2. The second-order valence-electron chi connectivity index (χ2n) is 6.07. The number of nitrogens with one attached hydrogen (secondary N) is 1. The van der Waals surface area contributed by atoms with Crippen LogP contribution in [0, 0.1) is 5.21 Å². The Labute approximate surface area is 152 Å². The van der Waals surface area contributed by atoms with Gasteiger partial charge in [0.1, 0.15) is 5.75 Å². The van der Waals surface area contributed by atoms with Gasteiger partial charge in [0, 0.05) is 24.2 Å². The van der Waals surface area contributed by atoms with E-state index in [9.17, 15) is 10.4 Å². The van der Waals surface area contributed by atoms with Gasteiger partial charge in [-0.1, -0.05) is 42.5 Å². The lowest BCUT2D eigenvalue weighted by molar-refractivity contribution is -0.991. The highest BCUT2D eigenvalue weighted by Gasteiger charge is 2.11. The minimum Gasteiger partial charge on any atom is -0.595 e. The highest BCUT2D eigenvalue weighted by molar-refractivity contribution is 5.73. The normalized spacial score (nSPS) is 12.0. The first-order valence-corrected chi connectivity index (χ1v) is 8.40. The van der Waals surface area contributed by atoms with Gasteiger partial charge in [-0.2, -0.15) is 5.23 Å². The molecule has 0 aliphatic rings. The van der Waals surface area contributed by atoms with Crippen LogP contribution in [-0.2, 0) is 13.0 Å². The third-order valence-corrected chi connectivity index (χ3v) is 4.42. The maximum atomic E-state index is 11.3. The van der Waals surface area contributed by atoms with Crippen LogP contribution in [-0.4, -0.2) is 12.3 Å². The van der Waals surface area contributed by atoms with Crippen LogP contribution in [0.5, 0.6) is 5.75 Å². The summed E-state index contributed by atoms with van der Waals surface area (Å²) in [5.74, 6) is 0.711. The zero-order valence-corrected chi connectivity index (χ0v) is 14.6. The fourth-order valence-corrected chi connectivity index (χ4v) is 3.06. The molecule has 5 heteroatoms. The van der Waals surface area contributed by atoms with Gasteiger partial charge in [0.15, 0.2) is 5.69 Å². The number of ether oxygens (including phenoxy) is 1. The molecule has 3 aromatic carbocycles. The van der Waals surface area contributed by atoms with Gasteiger partial charge in [-0.05, 0) is 40.8 Å². The van der Waals surface area contributed by atoms with Gasteiger partial charge in [0.05, 0.1) is 7.11 Å². The summed E-state index contributed by atoms with van der Waals surface area (Å²) in [4.78, 5) is 0. The molecule has 0 bridgehead atoms. The average Bonchev–Trinajstić information content (AvgIpc) is 2.68. The van der Waals surface area contributed by atoms with Gasteiger partial charge < -0.3 is 15.7 Å². The van der Waals surface area contributed by atoms with Crippen molar-refractivity contribution < 1.29 is 15.2 Å². The topological polar surface area (TPSA) is 83.0 Å². The van der Waals surface area contributed by atoms with Crippen LogP contribution in [0.3, 0.4) is 0 Å². The number of hydrogen-bond acceptors (Lipinski definition) is 4. The Morgan fingerprint density at radius 1 is 1.00 bits per heavy atom. The van der Waals surface area contributed by atoms with Crippen molar-refractivity contribution >= 4 is 5.69 Å². The lowest BCUT2D eigenvalue weighted by Crippen LogP contribution is -2.99. The van der Waals surface area contributed by atoms with Gasteiger partial charge in [-0.15, -0.1) is 0 Å². The fourth-order valence-electron chi connectivity index (χ4n) is 3.06. The molecule has 0 aromatic heterocycles. The van der Waals surface area contributed by atoms with Crippen molar-refractivity contribution in [3.8, 4) is 16.9 Å². The fraction of sp³-hybridized carbons (Fsp3) is 0.143. The summed E-state index contributed by atoms with van der Waals surface area (Å²) < 4.78 is 5.48. The van der Waals surface area contributed by atoms with Crippen molar-refractivity contribution in [1.29, 1.82) is 0 Å². The van der Waals surface area contributed by atoms with E-state index in [1.807, 2.05) is 42.5 Å². The molecule has 0 amide bonds. The van der Waals surface area contributed by atoms with Crippen molar-refractivity contribution in [2.75, 3.05) is 7.11 Å². The van der Waals surface area contributed by atoms with Crippen molar-refractivity contribution in [1.82, 2.24) is 0 Å². The number of nitrogens with two attached hydrogens (primary N) is 1. The van der Waals surface area contributed by atoms with E-state index in [0.717, 1.165) is 28.7 Å². The second kappa shape index (κ2) is 8.12. The first-order chi connectivity index (χ1) is 12.6. The van der Waals surface area contributed by atoms with Crippen LogP contribution in [0.15, 0.2) is 66.7 Å². The molecule has 3 aromatic rings. The standard InChI is InChI=1S/C21H22N2O3/c1-26-21-10-9-15(11-16-5-2-3-6-18(16)14-22)12-20(21)17-7-4-8-19(13-17)23(24)25/h2-10,12-13,23-24H,11,14,22H2,1H3. The molecule has 3 rings (SSSR count). The molecule has 0 saturated heterocycles. The predicted molar refractivity (Wildman–Crippen MR) is 101 cm³/mol. The maximum Gasteiger partial charge on any atom is 0.164 e. The van der Waals surface area contributed by atoms with Gasteiger partial charge in [-0.25, -0.2) is 5.21 Å². The predicted octanol–water partition coefficient (Wildman–Crippen LogP) is 2.82. The summed E-state index contributed by atoms with van der Waals surface area (Å²) in [5, 5.41) is 19.6. The molecule has 0 heterocycles. The van der Waals surface area contributed by atoms with E-state index in [4.69, 9.17) is 10.5 Å². The summed E-state index contributed by atoms with van der Waals surface area (Å²) in [6.45, 7) is 0.500. The molecule has 5 nitrogen and oxygen atoms in total.